The SMILES string of the molecule is CC(C)[C@H](N)C(=O)N[C@@H](CCC(N)=O)C(=O)N1CCC[C@H]1C(=O)NCC(=O)NCC(=O)N[C@@H](CO)C(=O)O. The molecule has 0 aromatic carbocycles. The molecule has 1 aliphatic heterocycles. The Kier molecular flexibility index (Phi) is 13.1. The van der Waals surface area contributed by atoms with Crippen LogP contribution in [0.1, 0.15) is 39.5 Å². The van der Waals surface area contributed by atoms with Gasteiger partial charge in [0.05, 0.1) is 25.7 Å². The van der Waals surface area contributed by atoms with Crippen molar-refractivity contribution in [2.24, 2.45) is 17.4 Å². The molecule has 16 heteroatoms. The molecule has 0 saturated carbocycles. The van der Waals surface area contributed by atoms with Gasteiger partial charge in [-0.1, -0.05) is 13.8 Å². The van der Waals surface area contributed by atoms with Crippen molar-refractivity contribution < 1.29 is 43.8 Å². The van der Waals surface area contributed by atoms with E-state index in [4.69, 9.17) is 21.7 Å². The third-order valence-electron chi connectivity index (χ3n) is 5.84. The van der Waals surface area contributed by atoms with Gasteiger partial charge in [-0.15, -0.1) is 0 Å². The van der Waals surface area contributed by atoms with E-state index < -0.39 is 85.3 Å². The third kappa shape index (κ3) is 10.3. The first kappa shape index (κ1) is 32.2. The quantitative estimate of drug-likeness (QED) is 0.0981. The minimum atomic E-state index is -1.53. The summed E-state index contributed by atoms with van der Waals surface area (Å²) in [7, 11) is 0. The molecule has 0 aliphatic carbocycles. The number of nitrogens with one attached hydrogen (secondary N) is 4. The van der Waals surface area contributed by atoms with E-state index in [2.05, 4.69) is 16.0 Å². The lowest BCUT2D eigenvalue weighted by Crippen LogP contribution is -2.56. The van der Waals surface area contributed by atoms with Crippen LogP contribution in [0.2, 0.25) is 0 Å². The number of carboxylic acid groups (broad SMARTS) is 1. The Morgan fingerprint density at radius 2 is 1.61 bits per heavy atom. The molecule has 1 rings (SSSR count). The van der Waals surface area contributed by atoms with Crippen LogP contribution in [0.25, 0.3) is 0 Å². The van der Waals surface area contributed by atoms with Crippen LogP contribution in [0.5, 0.6) is 0 Å². The zero-order chi connectivity index (χ0) is 29.0. The molecule has 10 N–H and O–H groups in total. The summed E-state index contributed by atoms with van der Waals surface area (Å²) in [5.74, 6) is -5.76. The van der Waals surface area contributed by atoms with E-state index in [1.54, 1.807) is 13.8 Å². The first-order valence-electron chi connectivity index (χ1n) is 12.1. The van der Waals surface area contributed by atoms with Crippen LogP contribution in [0.4, 0.5) is 0 Å². The number of rotatable bonds is 15. The van der Waals surface area contributed by atoms with Crippen molar-refractivity contribution in [1.29, 1.82) is 0 Å². The van der Waals surface area contributed by atoms with Gasteiger partial charge in [-0.25, -0.2) is 4.79 Å². The van der Waals surface area contributed by atoms with E-state index in [0.29, 0.717) is 12.8 Å². The van der Waals surface area contributed by atoms with Crippen LogP contribution >= 0.6 is 0 Å². The largest absolute Gasteiger partial charge is 0.480 e. The standard InChI is InChI=1S/C22H37N7O9/c1-11(2)18(24)20(35)28-12(5-6-15(23)31)21(36)29-7-3-4-14(29)19(34)26-8-16(32)25-9-17(33)27-13(10-30)22(37)38/h11-14,18,30H,3-10,24H2,1-2H3,(H2,23,31)(H,25,32)(H,26,34)(H,27,33)(H,28,35)(H,37,38)/t12-,13-,14-,18-/m0/s1. The number of hydrogen-bond acceptors (Lipinski definition) is 9. The number of nitrogens with zero attached hydrogens (tertiary/aromatic N) is 1. The van der Waals surface area contributed by atoms with Crippen molar-refractivity contribution in [3.8, 4) is 0 Å². The van der Waals surface area contributed by atoms with Gasteiger partial charge in [-0.05, 0) is 25.2 Å². The molecular weight excluding hydrogens is 506 g/mol. The zero-order valence-electron chi connectivity index (χ0n) is 21.4. The molecule has 0 bridgehead atoms. The molecule has 0 unspecified atom stereocenters. The van der Waals surface area contributed by atoms with Crippen LogP contribution in [0, 0.1) is 5.92 Å². The van der Waals surface area contributed by atoms with Gasteiger partial charge in [0.25, 0.3) is 0 Å². The van der Waals surface area contributed by atoms with E-state index in [1.807, 2.05) is 5.32 Å². The van der Waals surface area contributed by atoms with Crippen molar-refractivity contribution in [1.82, 2.24) is 26.2 Å². The number of carbonyl (C=O) groups is 7. The van der Waals surface area contributed by atoms with Gasteiger partial charge in [0.15, 0.2) is 0 Å². The van der Waals surface area contributed by atoms with E-state index >= 15 is 0 Å². The second-order valence-electron chi connectivity index (χ2n) is 9.16. The highest BCUT2D eigenvalue weighted by Crippen LogP contribution is 2.20. The third-order valence-corrected chi connectivity index (χ3v) is 5.84. The minimum Gasteiger partial charge on any atom is -0.480 e. The number of primary amides is 1. The molecule has 0 aromatic heterocycles. The Balaban J connectivity index is 2.72. The minimum absolute atomic E-state index is 0.0843. The molecule has 1 heterocycles. The number of aliphatic hydroxyl groups is 1. The molecular formula is C22H37N7O9. The van der Waals surface area contributed by atoms with E-state index in [0.717, 1.165) is 0 Å². The monoisotopic (exact) mass is 543 g/mol. The Labute approximate surface area is 219 Å². The maximum absolute atomic E-state index is 13.2. The summed E-state index contributed by atoms with van der Waals surface area (Å²) in [6.45, 7) is 1.72. The number of likely N-dealkylation sites (tertiary alicyclic amines) is 1. The van der Waals surface area contributed by atoms with Crippen LogP contribution in [-0.2, 0) is 33.6 Å². The molecule has 0 aromatic rings. The van der Waals surface area contributed by atoms with Crippen LogP contribution < -0.4 is 32.7 Å². The fourth-order valence-corrected chi connectivity index (χ4v) is 3.58. The fraction of sp³-hybridized carbons (Fsp3) is 0.682. The first-order chi connectivity index (χ1) is 17.8. The zero-order valence-corrected chi connectivity index (χ0v) is 21.4. The average Bonchev–Trinajstić information content (AvgIpc) is 3.35. The maximum Gasteiger partial charge on any atom is 0.328 e. The molecule has 6 amide bonds. The number of carbonyl (C=O) groups excluding carboxylic acids is 6. The van der Waals surface area contributed by atoms with Gasteiger partial charge < -0.3 is 47.8 Å². The highest BCUT2D eigenvalue weighted by Gasteiger charge is 2.38. The fourth-order valence-electron chi connectivity index (χ4n) is 3.58. The topological polar surface area (TPSA) is 263 Å². The van der Waals surface area contributed by atoms with Crippen molar-refractivity contribution in [2.45, 2.75) is 63.7 Å². The van der Waals surface area contributed by atoms with E-state index in [1.165, 1.54) is 4.90 Å². The summed E-state index contributed by atoms with van der Waals surface area (Å²) in [5, 5.41) is 26.8. The Morgan fingerprint density at radius 1 is 0.974 bits per heavy atom. The Hall–Kier alpha value is -3.79. The van der Waals surface area contributed by atoms with Gasteiger partial charge >= 0.3 is 5.97 Å². The second-order valence-corrected chi connectivity index (χ2v) is 9.16. The smallest absolute Gasteiger partial charge is 0.328 e. The normalized spacial score (nSPS) is 17.2. The highest BCUT2D eigenvalue weighted by atomic mass is 16.4. The molecule has 0 radical (unpaired) electrons. The number of aliphatic hydroxyl groups excluding tert-OH is 1. The van der Waals surface area contributed by atoms with E-state index in [9.17, 15) is 33.6 Å². The molecule has 0 spiro atoms. The van der Waals surface area contributed by atoms with Crippen molar-refractivity contribution >= 4 is 41.4 Å². The van der Waals surface area contributed by atoms with Crippen LogP contribution in [-0.4, -0.2) is 107 Å². The average molecular weight is 544 g/mol. The second kappa shape index (κ2) is 15.5. The molecule has 4 atom stereocenters. The van der Waals surface area contributed by atoms with Crippen LogP contribution in [0.15, 0.2) is 0 Å². The lowest BCUT2D eigenvalue weighted by molar-refractivity contribution is -0.142. The first-order valence-corrected chi connectivity index (χ1v) is 12.1. The Morgan fingerprint density at radius 3 is 2.16 bits per heavy atom. The predicted octanol–water partition coefficient (Wildman–Crippen LogP) is -4.49. The van der Waals surface area contributed by atoms with Gasteiger partial charge in [-0.3, -0.25) is 28.8 Å². The number of aliphatic carboxylic acids is 1. The summed E-state index contributed by atoms with van der Waals surface area (Å²) in [4.78, 5) is 85.5. The van der Waals surface area contributed by atoms with Gasteiger partial charge in [-0.2, -0.15) is 0 Å². The van der Waals surface area contributed by atoms with Crippen molar-refractivity contribution in [3.05, 3.63) is 0 Å². The lowest BCUT2D eigenvalue weighted by atomic mass is 10.0. The van der Waals surface area contributed by atoms with Gasteiger partial charge in [0.2, 0.25) is 35.4 Å². The summed E-state index contributed by atoms with van der Waals surface area (Å²) < 4.78 is 0. The summed E-state index contributed by atoms with van der Waals surface area (Å²) in [6, 6.07) is -4.49. The number of nitrogens with two attached hydrogens (primary N) is 2. The summed E-state index contributed by atoms with van der Waals surface area (Å²) in [6.07, 6.45) is 0.506. The molecule has 1 saturated heterocycles. The molecule has 214 valence electrons. The number of amides is 6. The number of hydrogen-bond donors (Lipinski definition) is 8. The summed E-state index contributed by atoms with van der Waals surface area (Å²) in [5.41, 5.74) is 11.1. The molecule has 1 aliphatic rings. The van der Waals surface area contributed by atoms with Gasteiger partial charge in [0, 0.05) is 13.0 Å². The van der Waals surface area contributed by atoms with Gasteiger partial charge in [0.1, 0.15) is 18.1 Å². The lowest BCUT2D eigenvalue weighted by Gasteiger charge is -2.29. The van der Waals surface area contributed by atoms with Crippen LogP contribution in [0.3, 0.4) is 0 Å². The summed E-state index contributed by atoms with van der Waals surface area (Å²) >= 11 is 0. The molecule has 16 nitrogen and oxygen atoms in total. The molecule has 38 heavy (non-hydrogen) atoms. The number of carboxylic acids is 1. The van der Waals surface area contributed by atoms with Crippen molar-refractivity contribution in [3.63, 3.8) is 0 Å². The van der Waals surface area contributed by atoms with Crippen molar-refractivity contribution in [2.75, 3.05) is 26.2 Å². The highest BCUT2D eigenvalue weighted by molar-refractivity contribution is 5.95. The van der Waals surface area contributed by atoms with E-state index in [-0.39, 0.29) is 25.3 Å². The Bertz CT molecular complexity index is 912. The predicted molar refractivity (Wildman–Crippen MR) is 131 cm³/mol. The molecule has 1 fully saturated rings. The maximum atomic E-state index is 13.2.